The molecule has 4 heteroatoms. The molecule has 0 radical (unpaired) electrons. The van der Waals surface area contributed by atoms with E-state index in [4.69, 9.17) is 9.47 Å². The third kappa shape index (κ3) is 3.70. The number of hydrogen-bond acceptors (Lipinski definition) is 3. The van der Waals surface area contributed by atoms with Gasteiger partial charge in [-0.1, -0.05) is 36.4 Å². The fourth-order valence-electron chi connectivity index (χ4n) is 6.50. The molecule has 0 aromatic heterocycles. The van der Waals surface area contributed by atoms with Gasteiger partial charge in [-0.15, -0.1) is 0 Å². The molecule has 1 aromatic carbocycles. The zero-order valence-corrected chi connectivity index (χ0v) is 19.5. The number of hydrogen-bond donors (Lipinski definition) is 0. The number of carbonyl (C=O) groups is 1. The summed E-state index contributed by atoms with van der Waals surface area (Å²) in [6.07, 6.45) is 10.2. The molecule has 28 heavy (non-hydrogen) atoms. The van der Waals surface area contributed by atoms with Crippen molar-refractivity contribution in [2.75, 3.05) is 0 Å². The Balaban J connectivity index is 1.48. The van der Waals surface area contributed by atoms with E-state index in [1.54, 1.807) is 0 Å². The van der Waals surface area contributed by atoms with Gasteiger partial charge in [-0.2, -0.15) is 0 Å². The molecule has 1 aromatic rings. The number of halogens is 1. The van der Waals surface area contributed by atoms with Crippen LogP contribution in [0.25, 0.3) is 0 Å². The first-order chi connectivity index (χ1) is 13.4. The van der Waals surface area contributed by atoms with Gasteiger partial charge in [0, 0.05) is 5.41 Å². The zero-order valence-electron chi connectivity index (χ0n) is 17.4. The maximum absolute atomic E-state index is 12.0. The van der Waals surface area contributed by atoms with E-state index in [0.29, 0.717) is 11.2 Å². The molecule has 2 unspecified atom stereocenters. The monoisotopic (exact) mass is 496 g/mol. The SMILES string of the molecule is CCC(I)C(=O)Oc1ccc(OC(C)(CC)C23CC4CC(CC(C4)C2)C3)cc1. The van der Waals surface area contributed by atoms with Crippen LogP contribution in [0.3, 0.4) is 0 Å². The third-order valence-electron chi connectivity index (χ3n) is 7.83. The van der Waals surface area contributed by atoms with Crippen molar-refractivity contribution in [3.8, 4) is 11.5 Å². The van der Waals surface area contributed by atoms with Crippen LogP contribution < -0.4 is 9.47 Å². The highest BCUT2D eigenvalue weighted by atomic mass is 127. The molecular formula is C24H33IO3. The van der Waals surface area contributed by atoms with E-state index in [0.717, 1.165) is 36.3 Å². The number of ether oxygens (including phenoxy) is 2. The second-order valence-electron chi connectivity index (χ2n) is 9.65. The van der Waals surface area contributed by atoms with Crippen LogP contribution in [-0.2, 0) is 4.79 Å². The molecule has 0 heterocycles. The molecule has 0 amide bonds. The summed E-state index contributed by atoms with van der Waals surface area (Å²) in [4.78, 5) is 12.0. The van der Waals surface area contributed by atoms with Crippen LogP contribution in [0.5, 0.6) is 11.5 Å². The summed E-state index contributed by atoms with van der Waals surface area (Å²) in [6.45, 7) is 6.61. The van der Waals surface area contributed by atoms with Gasteiger partial charge in [0.2, 0.25) is 0 Å². The summed E-state index contributed by atoms with van der Waals surface area (Å²) in [5.41, 5.74) is 0.202. The second-order valence-corrected chi connectivity index (χ2v) is 11.2. The Kier molecular flexibility index (Phi) is 5.71. The number of rotatable bonds is 7. The molecule has 5 rings (SSSR count). The lowest BCUT2D eigenvalue weighted by atomic mass is 9.45. The standard InChI is InChI=1S/C24H33IO3/c1-4-21(25)22(26)27-19-6-8-20(9-7-19)28-23(3,5-2)24-13-16-10-17(14-24)12-18(11-16)15-24/h6-9,16-18,21H,4-5,10-15H2,1-3H3. The van der Waals surface area contributed by atoms with Crippen molar-refractivity contribution in [2.45, 2.75) is 81.7 Å². The van der Waals surface area contributed by atoms with Gasteiger partial charge in [-0.05, 0) is 100 Å². The summed E-state index contributed by atoms with van der Waals surface area (Å²) in [6, 6.07) is 7.65. The van der Waals surface area contributed by atoms with E-state index in [1.807, 2.05) is 31.2 Å². The number of benzene rings is 1. The van der Waals surface area contributed by atoms with Crippen molar-refractivity contribution in [3.63, 3.8) is 0 Å². The zero-order chi connectivity index (χ0) is 19.9. The number of esters is 1. The van der Waals surface area contributed by atoms with Crippen molar-refractivity contribution in [3.05, 3.63) is 24.3 Å². The van der Waals surface area contributed by atoms with Gasteiger partial charge in [0.05, 0.1) is 0 Å². The summed E-state index contributed by atoms with van der Waals surface area (Å²) < 4.78 is 12.1. The molecule has 0 spiro atoms. The highest BCUT2D eigenvalue weighted by molar-refractivity contribution is 14.1. The number of alkyl halides is 1. The maximum Gasteiger partial charge on any atom is 0.324 e. The minimum atomic E-state index is -0.177. The van der Waals surface area contributed by atoms with E-state index >= 15 is 0 Å². The highest BCUT2D eigenvalue weighted by Gasteiger charge is 2.59. The van der Waals surface area contributed by atoms with Crippen molar-refractivity contribution < 1.29 is 14.3 Å². The average Bonchev–Trinajstić information content (AvgIpc) is 2.67. The molecule has 4 bridgehead atoms. The molecule has 4 aliphatic carbocycles. The van der Waals surface area contributed by atoms with Crippen LogP contribution in [-0.4, -0.2) is 15.5 Å². The number of carbonyl (C=O) groups excluding carboxylic acids is 1. The predicted octanol–water partition coefficient (Wildman–Crippen LogP) is 6.57. The Morgan fingerprint density at radius 3 is 2.04 bits per heavy atom. The van der Waals surface area contributed by atoms with E-state index in [2.05, 4.69) is 36.4 Å². The first-order valence-corrected chi connectivity index (χ1v) is 12.3. The molecule has 2 atom stereocenters. The second kappa shape index (κ2) is 7.81. The van der Waals surface area contributed by atoms with Gasteiger partial charge in [-0.3, -0.25) is 4.79 Å². The largest absolute Gasteiger partial charge is 0.487 e. The van der Waals surface area contributed by atoms with Crippen LogP contribution in [0.4, 0.5) is 0 Å². The molecule has 4 saturated carbocycles. The lowest BCUT2D eigenvalue weighted by Crippen LogP contribution is -2.59. The lowest BCUT2D eigenvalue weighted by Gasteiger charge is -2.62. The fourth-order valence-corrected chi connectivity index (χ4v) is 6.62. The molecule has 3 nitrogen and oxygen atoms in total. The highest BCUT2D eigenvalue weighted by Crippen LogP contribution is 2.64. The Bertz CT molecular complexity index is 678. The quantitative estimate of drug-likeness (QED) is 0.185. The fraction of sp³-hybridized carbons (Fsp3) is 0.708. The van der Waals surface area contributed by atoms with Crippen LogP contribution >= 0.6 is 22.6 Å². The molecule has 0 saturated heterocycles. The Labute approximate surface area is 183 Å². The van der Waals surface area contributed by atoms with Gasteiger partial charge in [0.1, 0.15) is 21.0 Å². The van der Waals surface area contributed by atoms with E-state index in [9.17, 15) is 4.79 Å². The normalized spacial score (nSPS) is 33.9. The molecule has 0 aliphatic heterocycles. The van der Waals surface area contributed by atoms with Gasteiger partial charge >= 0.3 is 5.97 Å². The minimum absolute atomic E-state index is 0.104. The predicted molar refractivity (Wildman–Crippen MR) is 120 cm³/mol. The summed E-state index contributed by atoms with van der Waals surface area (Å²) in [5.74, 6) is 4.07. The minimum Gasteiger partial charge on any atom is -0.487 e. The van der Waals surface area contributed by atoms with Gasteiger partial charge < -0.3 is 9.47 Å². The van der Waals surface area contributed by atoms with Gasteiger partial charge in [-0.25, -0.2) is 0 Å². The van der Waals surface area contributed by atoms with E-state index in [1.165, 1.54) is 38.5 Å². The van der Waals surface area contributed by atoms with E-state index in [-0.39, 0.29) is 15.5 Å². The third-order valence-corrected chi connectivity index (χ3v) is 9.22. The van der Waals surface area contributed by atoms with Gasteiger partial charge in [0.15, 0.2) is 0 Å². The Morgan fingerprint density at radius 1 is 1.07 bits per heavy atom. The summed E-state index contributed by atoms with van der Waals surface area (Å²) in [7, 11) is 0. The molecule has 4 aliphatic rings. The smallest absolute Gasteiger partial charge is 0.324 e. The first-order valence-electron chi connectivity index (χ1n) is 11.0. The Hall–Kier alpha value is -0.780. The van der Waals surface area contributed by atoms with Crippen LogP contribution in [0.1, 0.15) is 72.1 Å². The van der Waals surface area contributed by atoms with Crippen molar-refractivity contribution in [2.24, 2.45) is 23.2 Å². The average molecular weight is 496 g/mol. The summed E-state index contributed by atoms with van der Waals surface area (Å²) >= 11 is 2.13. The summed E-state index contributed by atoms with van der Waals surface area (Å²) in [5, 5.41) is 0. The van der Waals surface area contributed by atoms with Crippen LogP contribution in [0, 0.1) is 23.2 Å². The molecule has 4 fully saturated rings. The van der Waals surface area contributed by atoms with Crippen molar-refractivity contribution >= 4 is 28.6 Å². The first kappa shape index (κ1) is 20.5. The van der Waals surface area contributed by atoms with Crippen LogP contribution in [0.15, 0.2) is 24.3 Å². The van der Waals surface area contributed by atoms with Gasteiger partial charge in [0.25, 0.3) is 0 Å². The molecule has 0 N–H and O–H groups in total. The Morgan fingerprint density at radius 2 is 1.57 bits per heavy atom. The van der Waals surface area contributed by atoms with E-state index < -0.39 is 0 Å². The van der Waals surface area contributed by atoms with Crippen LogP contribution in [0.2, 0.25) is 0 Å². The topological polar surface area (TPSA) is 35.5 Å². The lowest BCUT2D eigenvalue weighted by molar-refractivity contribution is -0.159. The maximum atomic E-state index is 12.0. The molecular weight excluding hydrogens is 463 g/mol. The van der Waals surface area contributed by atoms with Crippen molar-refractivity contribution in [1.29, 1.82) is 0 Å². The molecule has 154 valence electrons. The van der Waals surface area contributed by atoms with Crippen molar-refractivity contribution in [1.82, 2.24) is 0 Å².